The van der Waals surface area contributed by atoms with Gasteiger partial charge in [0.25, 0.3) is 0 Å². The summed E-state index contributed by atoms with van der Waals surface area (Å²) in [5.41, 5.74) is 4.52. The smallest absolute Gasteiger partial charge is 0.247 e. The maximum absolute atomic E-state index is 12.7. The third-order valence-corrected chi connectivity index (χ3v) is 4.23. The summed E-state index contributed by atoms with van der Waals surface area (Å²) >= 11 is 0. The predicted octanol–water partition coefficient (Wildman–Crippen LogP) is 3.35. The number of carbonyl (C=O) groups excluding carboxylic acids is 1. The molecule has 1 atom stereocenters. The first-order chi connectivity index (χ1) is 11.5. The Balaban J connectivity index is 1.95. The van der Waals surface area contributed by atoms with E-state index in [9.17, 15) is 9.90 Å². The van der Waals surface area contributed by atoms with E-state index in [4.69, 9.17) is 0 Å². The van der Waals surface area contributed by atoms with Gasteiger partial charge in [-0.1, -0.05) is 24.3 Å². The van der Waals surface area contributed by atoms with Gasteiger partial charge in [0.05, 0.1) is 11.0 Å². The van der Waals surface area contributed by atoms with Crippen molar-refractivity contribution in [2.24, 2.45) is 0 Å². The SMILES string of the molecule is Cc1ccc(C)c(NC(=O)C(C)n2c(CO)nc3ccccc32)c1. The highest BCUT2D eigenvalue weighted by Crippen LogP contribution is 2.23. The molecule has 5 nitrogen and oxygen atoms in total. The molecule has 24 heavy (non-hydrogen) atoms. The van der Waals surface area contributed by atoms with Crippen molar-refractivity contribution in [2.75, 3.05) is 5.32 Å². The number of rotatable bonds is 4. The lowest BCUT2D eigenvalue weighted by atomic mass is 10.1. The molecule has 3 aromatic rings. The summed E-state index contributed by atoms with van der Waals surface area (Å²) in [6, 6.07) is 13.0. The molecule has 0 saturated heterocycles. The summed E-state index contributed by atoms with van der Waals surface area (Å²) in [4.78, 5) is 17.2. The molecule has 0 spiro atoms. The summed E-state index contributed by atoms with van der Waals surface area (Å²) in [6.45, 7) is 5.56. The minimum Gasteiger partial charge on any atom is -0.388 e. The zero-order valence-corrected chi connectivity index (χ0v) is 14.1. The fourth-order valence-corrected chi connectivity index (χ4v) is 2.86. The lowest BCUT2D eigenvalue weighted by Gasteiger charge is -2.18. The third kappa shape index (κ3) is 2.90. The van der Waals surface area contributed by atoms with E-state index in [2.05, 4.69) is 10.3 Å². The number of hydrogen-bond acceptors (Lipinski definition) is 3. The van der Waals surface area contributed by atoms with Gasteiger partial charge < -0.3 is 15.0 Å². The standard InChI is InChI=1S/C19H21N3O2/c1-12-8-9-13(2)16(10-12)21-19(24)14(3)22-17-7-5-4-6-15(17)20-18(22)11-23/h4-10,14,23H,11H2,1-3H3,(H,21,24). The highest BCUT2D eigenvalue weighted by molar-refractivity contribution is 5.95. The van der Waals surface area contributed by atoms with E-state index in [0.717, 1.165) is 27.8 Å². The number of nitrogens with one attached hydrogen (secondary N) is 1. The maximum atomic E-state index is 12.7. The van der Waals surface area contributed by atoms with Crippen molar-refractivity contribution in [1.29, 1.82) is 0 Å². The Labute approximate surface area is 141 Å². The normalized spacial score (nSPS) is 12.3. The Morgan fingerprint density at radius 1 is 1.25 bits per heavy atom. The Bertz CT molecular complexity index is 899. The fourth-order valence-electron chi connectivity index (χ4n) is 2.86. The number of hydrogen-bond donors (Lipinski definition) is 2. The van der Waals surface area contributed by atoms with Crippen molar-refractivity contribution in [1.82, 2.24) is 9.55 Å². The van der Waals surface area contributed by atoms with Crippen LogP contribution in [0.15, 0.2) is 42.5 Å². The van der Waals surface area contributed by atoms with Crippen LogP contribution in [0, 0.1) is 13.8 Å². The molecule has 1 heterocycles. The van der Waals surface area contributed by atoms with Gasteiger partial charge >= 0.3 is 0 Å². The average molecular weight is 323 g/mol. The Morgan fingerprint density at radius 3 is 2.75 bits per heavy atom. The Hall–Kier alpha value is -2.66. The van der Waals surface area contributed by atoms with Gasteiger partial charge in [0.1, 0.15) is 18.5 Å². The quantitative estimate of drug-likeness (QED) is 0.774. The van der Waals surface area contributed by atoms with Gasteiger partial charge in [0.15, 0.2) is 0 Å². The highest BCUT2D eigenvalue weighted by atomic mass is 16.3. The van der Waals surface area contributed by atoms with Crippen LogP contribution in [-0.4, -0.2) is 20.6 Å². The van der Waals surface area contributed by atoms with Gasteiger partial charge in [0, 0.05) is 5.69 Å². The molecular weight excluding hydrogens is 302 g/mol. The Kier molecular flexibility index (Phi) is 4.36. The van der Waals surface area contributed by atoms with Crippen molar-refractivity contribution in [3.8, 4) is 0 Å². The molecule has 0 saturated carbocycles. The van der Waals surface area contributed by atoms with Crippen molar-refractivity contribution in [2.45, 2.75) is 33.4 Å². The lowest BCUT2D eigenvalue weighted by Crippen LogP contribution is -2.25. The Morgan fingerprint density at radius 2 is 2.00 bits per heavy atom. The van der Waals surface area contributed by atoms with Crippen molar-refractivity contribution in [3.63, 3.8) is 0 Å². The number of aromatic nitrogens is 2. The maximum Gasteiger partial charge on any atom is 0.247 e. The molecule has 1 unspecified atom stereocenters. The molecule has 0 radical (unpaired) electrons. The molecule has 124 valence electrons. The number of para-hydroxylation sites is 2. The van der Waals surface area contributed by atoms with E-state index in [1.54, 1.807) is 4.57 Å². The molecule has 0 aliphatic rings. The summed E-state index contributed by atoms with van der Waals surface area (Å²) < 4.78 is 1.79. The molecule has 2 aromatic carbocycles. The van der Waals surface area contributed by atoms with Crippen LogP contribution in [0.3, 0.4) is 0 Å². The van der Waals surface area contributed by atoms with Gasteiger partial charge in [-0.3, -0.25) is 4.79 Å². The summed E-state index contributed by atoms with van der Waals surface area (Å²) in [5.74, 6) is 0.348. The average Bonchev–Trinajstić information content (AvgIpc) is 2.96. The van der Waals surface area contributed by atoms with Crippen molar-refractivity contribution in [3.05, 3.63) is 59.4 Å². The van der Waals surface area contributed by atoms with E-state index in [0.29, 0.717) is 5.82 Å². The molecule has 1 amide bonds. The van der Waals surface area contributed by atoms with E-state index in [-0.39, 0.29) is 12.5 Å². The molecule has 0 bridgehead atoms. The van der Waals surface area contributed by atoms with Gasteiger partial charge in [-0.25, -0.2) is 4.98 Å². The molecular formula is C19H21N3O2. The second-order valence-corrected chi connectivity index (χ2v) is 6.03. The molecule has 0 aliphatic carbocycles. The zero-order chi connectivity index (χ0) is 17.3. The molecule has 3 rings (SSSR count). The number of carbonyl (C=O) groups is 1. The third-order valence-electron chi connectivity index (χ3n) is 4.23. The summed E-state index contributed by atoms with van der Waals surface area (Å²) in [5, 5.41) is 12.6. The van der Waals surface area contributed by atoms with Crippen LogP contribution in [0.5, 0.6) is 0 Å². The first-order valence-electron chi connectivity index (χ1n) is 7.96. The number of aryl methyl sites for hydroxylation is 2. The van der Waals surface area contributed by atoms with E-state index >= 15 is 0 Å². The van der Waals surface area contributed by atoms with Crippen molar-refractivity contribution < 1.29 is 9.90 Å². The topological polar surface area (TPSA) is 67.2 Å². The lowest BCUT2D eigenvalue weighted by molar-refractivity contribution is -0.118. The van der Waals surface area contributed by atoms with Crippen molar-refractivity contribution >= 4 is 22.6 Å². The summed E-state index contributed by atoms with van der Waals surface area (Å²) in [7, 11) is 0. The number of aliphatic hydroxyl groups is 1. The van der Waals surface area contributed by atoms with E-state index < -0.39 is 6.04 Å². The van der Waals surface area contributed by atoms with Gasteiger partial charge in [-0.2, -0.15) is 0 Å². The predicted molar refractivity (Wildman–Crippen MR) is 94.9 cm³/mol. The first kappa shape index (κ1) is 16.2. The second-order valence-electron chi connectivity index (χ2n) is 6.03. The van der Waals surface area contributed by atoms with Gasteiger partial charge in [-0.05, 0) is 50.1 Å². The molecule has 2 N–H and O–H groups in total. The molecule has 0 aliphatic heterocycles. The monoisotopic (exact) mass is 323 g/mol. The van der Waals surface area contributed by atoms with E-state index in [1.165, 1.54) is 0 Å². The van der Waals surface area contributed by atoms with Crippen LogP contribution < -0.4 is 5.32 Å². The van der Waals surface area contributed by atoms with Gasteiger partial charge in [-0.15, -0.1) is 0 Å². The number of amides is 1. The largest absolute Gasteiger partial charge is 0.388 e. The van der Waals surface area contributed by atoms with Crippen LogP contribution in [-0.2, 0) is 11.4 Å². The second kappa shape index (κ2) is 6.45. The van der Waals surface area contributed by atoms with E-state index in [1.807, 2.05) is 63.2 Å². The summed E-state index contributed by atoms with van der Waals surface area (Å²) in [6.07, 6.45) is 0. The minimum atomic E-state index is -0.487. The van der Waals surface area contributed by atoms with Crippen LogP contribution in [0.2, 0.25) is 0 Å². The van der Waals surface area contributed by atoms with Gasteiger partial charge in [0.2, 0.25) is 5.91 Å². The van der Waals surface area contributed by atoms with Crippen LogP contribution in [0.1, 0.15) is 29.9 Å². The van der Waals surface area contributed by atoms with Crippen LogP contribution in [0.4, 0.5) is 5.69 Å². The fraction of sp³-hybridized carbons (Fsp3) is 0.263. The number of imidazole rings is 1. The van der Waals surface area contributed by atoms with Crippen LogP contribution in [0.25, 0.3) is 11.0 Å². The number of anilines is 1. The minimum absolute atomic E-state index is 0.137. The first-order valence-corrected chi connectivity index (χ1v) is 7.96. The zero-order valence-electron chi connectivity index (χ0n) is 14.1. The number of aliphatic hydroxyl groups excluding tert-OH is 1. The number of benzene rings is 2. The molecule has 5 heteroatoms. The number of fused-ring (bicyclic) bond motifs is 1. The van der Waals surface area contributed by atoms with Crippen LogP contribution >= 0.6 is 0 Å². The number of nitrogens with zero attached hydrogens (tertiary/aromatic N) is 2. The highest BCUT2D eigenvalue weighted by Gasteiger charge is 2.21. The molecule has 0 fully saturated rings. The molecule has 1 aromatic heterocycles.